The van der Waals surface area contributed by atoms with Crippen molar-refractivity contribution in [3.05, 3.63) is 67.1 Å². The SMILES string of the molecule is C[C@H]1CN(C2CCC(n3cc(-c4ccc(Oc5ccccc5)cc4)c4c(N)ncnc43)CC2)CCN1. The molecule has 0 bridgehead atoms. The zero-order valence-corrected chi connectivity index (χ0v) is 20.8. The van der Waals surface area contributed by atoms with Crippen LogP contribution in [0.1, 0.15) is 38.6 Å². The molecule has 0 spiro atoms. The third-order valence-electron chi connectivity index (χ3n) is 7.76. The largest absolute Gasteiger partial charge is 0.457 e. The number of nitrogens with zero attached hydrogens (tertiary/aromatic N) is 4. The zero-order valence-electron chi connectivity index (χ0n) is 20.8. The number of ether oxygens (including phenoxy) is 1. The molecular weight excluding hydrogens is 448 g/mol. The van der Waals surface area contributed by atoms with Gasteiger partial charge in [0.1, 0.15) is 29.3 Å². The van der Waals surface area contributed by atoms with Gasteiger partial charge in [-0.1, -0.05) is 30.3 Å². The Morgan fingerprint density at radius 1 is 0.917 bits per heavy atom. The van der Waals surface area contributed by atoms with E-state index in [1.807, 2.05) is 42.5 Å². The summed E-state index contributed by atoms with van der Waals surface area (Å²) in [5, 5.41) is 4.50. The smallest absolute Gasteiger partial charge is 0.146 e. The van der Waals surface area contributed by atoms with Crippen LogP contribution < -0.4 is 15.8 Å². The highest BCUT2D eigenvalue weighted by atomic mass is 16.5. The summed E-state index contributed by atoms with van der Waals surface area (Å²) in [5.74, 6) is 2.16. The zero-order chi connectivity index (χ0) is 24.5. The molecule has 0 unspecified atom stereocenters. The lowest BCUT2D eigenvalue weighted by atomic mass is 9.89. The monoisotopic (exact) mass is 482 g/mol. The van der Waals surface area contributed by atoms with E-state index in [4.69, 9.17) is 10.5 Å². The van der Waals surface area contributed by atoms with E-state index in [9.17, 15) is 0 Å². The third-order valence-corrected chi connectivity index (χ3v) is 7.76. The maximum Gasteiger partial charge on any atom is 0.146 e. The molecule has 6 rings (SSSR count). The Labute approximate surface area is 212 Å². The standard InChI is InChI=1S/C29H34N6O/c1-20-17-34(16-15-31-20)22-9-11-23(12-10-22)35-18-26(27-28(30)32-19-33-29(27)35)21-7-13-25(14-8-21)36-24-5-3-2-4-6-24/h2-8,13-14,18-20,22-23,31H,9-12,15-17H2,1H3,(H2,30,32,33)/t20-,22?,23?/m0/s1. The molecule has 2 aromatic carbocycles. The Kier molecular flexibility index (Phi) is 6.34. The minimum atomic E-state index is 0.424. The molecule has 1 saturated heterocycles. The predicted molar refractivity (Wildman–Crippen MR) is 144 cm³/mol. The molecule has 3 heterocycles. The molecule has 7 heteroatoms. The van der Waals surface area contributed by atoms with Gasteiger partial charge < -0.3 is 20.4 Å². The quantitative estimate of drug-likeness (QED) is 0.404. The van der Waals surface area contributed by atoms with Crippen LogP contribution >= 0.6 is 0 Å². The second kappa shape index (κ2) is 9.91. The second-order valence-corrected chi connectivity index (χ2v) is 10.2. The Morgan fingerprint density at radius 2 is 1.64 bits per heavy atom. The number of piperazine rings is 1. The summed E-state index contributed by atoms with van der Waals surface area (Å²) < 4.78 is 8.34. The van der Waals surface area contributed by atoms with E-state index >= 15 is 0 Å². The van der Waals surface area contributed by atoms with Gasteiger partial charge in [0, 0.05) is 49.5 Å². The fraction of sp³-hybridized carbons (Fsp3) is 0.379. The van der Waals surface area contributed by atoms with Gasteiger partial charge in [-0.05, 0) is 62.4 Å². The molecule has 7 nitrogen and oxygen atoms in total. The number of nitrogen functional groups attached to an aromatic ring is 1. The number of fused-ring (bicyclic) bond motifs is 1. The van der Waals surface area contributed by atoms with Crippen LogP contribution in [0.15, 0.2) is 67.1 Å². The van der Waals surface area contributed by atoms with Crippen LogP contribution in [-0.2, 0) is 0 Å². The van der Waals surface area contributed by atoms with Crippen LogP contribution in [0.2, 0.25) is 0 Å². The van der Waals surface area contributed by atoms with Crippen LogP contribution in [0.5, 0.6) is 11.5 Å². The summed E-state index contributed by atoms with van der Waals surface area (Å²) in [6.07, 6.45) is 8.57. The first-order valence-electron chi connectivity index (χ1n) is 13.1. The first kappa shape index (κ1) is 23.0. The van der Waals surface area contributed by atoms with Gasteiger partial charge in [-0.15, -0.1) is 0 Å². The van der Waals surface area contributed by atoms with E-state index in [1.165, 1.54) is 12.8 Å². The minimum Gasteiger partial charge on any atom is -0.457 e. The van der Waals surface area contributed by atoms with Crippen molar-refractivity contribution in [2.24, 2.45) is 0 Å². The Bertz CT molecular complexity index is 1310. The van der Waals surface area contributed by atoms with Crippen molar-refractivity contribution in [1.29, 1.82) is 0 Å². The Hall–Kier alpha value is -3.42. The van der Waals surface area contributed by atoms with E-state index < -0.39 is 0 Å². The van der Waals surface area contributed by atoms with Gasteiger partial charge >= 0.3 is 0 Å². The molecule has 1 atom stereocenters. The third kappa shape index (κ3) is 4.56. The average molecular weight is 483 g/mol. The lowest BCUT2D eigenvalue weighted by Crippen LogP contribution is -2.53. The van der Waals surface area contributed by atoms with Gasteiger partial charge in [0.05, 0.1) is 5.39 Å². The number of anilines is 1. The lowest BCUT2D eigenvalue weighted by Gasteiger charge is -2.41. The minimum absolute atomic E-state index is 0.424. The number of para-hydroxylation sites is 1. The molecule has 186 valence electrons. The molecule has 1 aliphatic heterocycles. The molecule has 1 aliphatic carbocycles. The van der Waals surface area contributed by atoms with Crippen molar-refractivity contribution in [3.8, 4) is 22.6 Å². The summed E-state index contributed by atoms with van der Waals surface area (Å²) in [4.78, 5) is 11.7. The highest BCUT2D eigenvalue weighted by Crippen LogP contribution is 2.39. The normalized spacial score (nSPS) is 23.1. The van der Waals surface area contributed by atoms with Crippen molar-refractivity contribution >= 4 is 16.9 Å². The highest BCUT2D eigenvalue weighted by Gasteiger charge is 2.30. The topological polar surface area (TPSA) is 81.2 Å². The number of nitrogens with two attached hydrogens (primary N) is 1. The van der Waals surface area contributed by atoms with E-state index in [0.717, 1.165) is 66.1 Å². The lowest BCUT2D eigenvalue weighted by molar-refractivity contribution is 0.107. The number of hydrogen-bond donors (Lipinski definition) is 2. The van der Waals surface area contributed by atoms with Crippen LogP contribution in [0.3, 0.4) is 0 Å². The highest BCUT2D eigenvalue weighted by molar-refractivity contribution is 6.00. The first-order chi connectivity index (χ1) is 17.7. The summed E-state index contributed by atoms with van der Waals surface area (Å²) >= 11 is 0. The number of benzene rings is 2. The van der Waals surface area contributed by atoms with Crippen LogP contribution in [0.4, 0.5) is 5.82 Å². The number of aromatic nitrogens is 3. The molecule has 4 aromatic rings. The van der Waals surface area contributed by atoms with Crippen molar-refractivity contribution in [2.45, 2.75) is 50.7 Å². The maximum absolute atomic E-state index is 6.40. The molecule has 2 fully saturated rings. The van der Waals surface area contributed by atoms with Crippen molar-refractivity contribution in [1.82, 2.24) is 24.8 Å². The molecule has 36 heavy (non-hydrogen) atoms. The first-order valence-corrected chi connectivity index (χ1v) is 13.1. The molecule has 1 saturated carbocycles. The van der Waals surface area contributed by atoms with Gasteiger partial charge in [0.25, 0.3) is 0 Å². The number of nitrogens with one attached hydrogen (secondary N) is 1. The van der Waals surface area contributed by atoms with E-state index in [1.54, 1.807) is 6.33 Å². The molecular formula is C29H34N6O. The van der Waals surface area contributed by atoms with Gasteiger partial charge in [-0.2, -0.15) is 0 Å². The molecule has 0 amide bonds. The van der Waals surface area contributed by atoms with Gasteiger partial charge in [-0.3, -0.25) is 4.90 Å². The van der Waals surface area contributed by atoms with Gasteiger partial charge in [0.2, 0.25) is 0 Å². The van der Waals surface area contributed by atoms with Crippen molar-refractivity contribution < 1.29 is 4.74 Å². The summed E-state index contributed by atoms with van der Waals surface area (Å²) in [6, 6.07) is 19.7. The van der Waals surface area contributed by atoms with Crippen molar-refractivity contribution in [3.63, 3.8) is 0 Å². The molecule has 3 N–H and O–H groups in total. The number of hydrogen-bond acceptors (Lipinski definition) is 6. The second-order valence-electron chi connectivity index (χ2n) is 10.2. The van der Waals surface area contributed by atoms with E-state index in [2.05, 4.69) is 50.0 Å². The Balaban J connectivity index is 1.25. The number of rotatable bonds is 5. The molecule has 2 aromatic heterocycles. The fourth-order valence-corrected chi connectivity index (χ4v) is 5.93. The Morgan fingerprint density at radius 3 is 2.39 bits per heavy atom. The predicted octanol–water partition coefficient (Wildman–Crippen LogP) is 5.25. The van der Waals surface area contributed by atoms with Crippen LogP contribution in [0, 0.1) is 0 Å². The summed E-state index contributed by atoms with van der Waals surface area (Å²) in [7, 11) is 0. The van der Waals surface area contributed by atoms with Gasteiger partial charge in [-0.25, -0.2) is 9.97 Å². The molecule has 2 aliphatic rings. The van der Waals surface area contributed by atoms with E-state index in [-0.39, 0.29) is 0 Å². The van der Waals surface area contributed by atoms with E-state index in [0.29, 0.717) is 23.9 Å². The average Bonchev–Trinajstić information content (AvgIpc) is 3.31. The van der Waals surface area contributed by atoms with Crippen LogP contribution in [0.25, 0.3) is 22.2 Å². The summed E-state index contributed by atoms with van der Waals surface area (Å²) in [6.45, 7) is 5.69. The molecule has 0 radical (unpaired) electrons. The maximum atomic E-state index is 6.40. The van der Waals surface area contributed by atoms with Gasteiger partial charge in [0.15, 0.2) is 0 Å². The summed E-state index contributed by atoms with van der Waals surface area (Å²) in [5.41, 5.74) is 9.50. The fourth-order valence-electron chi connectivity index (χ4n) is 5.93. The van der Waals surface area contributed by atoms with Crippen LogP contribution in [-0.4, -0.2) is 51.2 Å². The van der Waals surface area contributed by atoms with Crippen molar-refractivity contribution in [2.75, 3.05) is 25.4 Å².